The smallest absolute Gasteiger partial charge is 0.417 e. The molecule has 0 aliphatic rings. The van der Waals surface area contributed by atoms with Crippen LogP contribution in [-0.2, 0) is 6.18 Å². The van der Waals surface area contributed by atoms with Crippen molar-refractivity contribution in [1.82, 2.24) is 10.3 Å². The lowest BCUT2D eigenvalue weighted by Crippen LogP contribution is -2.18. The fraction of sp³-hybridized carbons (Fsp3) is 0.0952. The Morgan fingerprint density at radius 1 is 0.968 bits per heavy atom. The molecule has 2 amide bonds. The summed E-state index contributed by atoms with van der Waals surface area (Å²) in [5.74, 6) is -0.288. The Balaban J connectivity index is 1.70. The van der Waals surface area contributed by atoms with Crippen molar-refractivity contribution in [3.8, 4) is 11.5 Å². The van der Waals surface area contributed by atoms with Gasteiger partial charge in [-0.1, -0.05) is 11.6 Å². The second-order valence-electron chi connectivity index (χ2n) is 6.23. The van der Waals surface area contributed by atoms with Crippen molar-refractivity contribution in [2.24, 2.45) is 0 Å². The molecule has 0 fully saturated rings. The number of carbonyl (C=O) groups excluding carboxylic acids is 2. The first-order valence-corrected chi connectivity index (χ1v) is 9.19. The molecule has 0 unspecified atom stereocenters. The Morgan fingerprint density at radius 2 is 1.68 bits per heavy atom. The van der Waals surface area contributed by atoms with Crippen molar-refractivity contribution < 1.29 is 27.5 Å². The first kappa shape index (κ1) is 22.1. The number of rotatable bonds is 5. The molecule has 2 N–H and O–H groups in total. The molecule has 160 valence electrons. The molecule has 0 radical (unpaired) electrons. The minimum atomic E-state index is -4.67. The number of aromatic nitrogens is 1. The molecule has 0 atom stereocenters. The minimum absolute atomic E-state index is 0.185. The summed E-state index contributed by atoms with van der Waals surface area (Å²) < 4.78 is 44.6. The monoisotopic (exact) mass is 449 g/mol. The molecule has 3 rings (SSSR count). The number of halogens is 4. The van der Waals surface area contributed by atoms with E-state index in [-0.39, 0.29) is 17.2 Å². The van der Waals surface area contributed by atoms with Gasteiger partial charge in [0.25, 0.3) is 11.8 Å². The number of nitrogens with zero attached hydrogens (tertiary/aromatic N) is 1. The number of pyridine rings is 1. The maximum atomic E-state index is 13.0. The zero-order valence-electron chi connectivity index (χ0n) is 16.0. The van der Waals surface area contributed by atoms with E-state index in [4.69, 9.17) is 16.3 Å². The summed E-state index contributed by atoms with van der Waals surface area (Å²) >= 11 is 5.57. The van der Waals surface area contributed by atoms with Crippen LogP contribution in [0.4, 0.5) is 18.9 Å². The molecule has 2 aromatic carbocycles. The molecule has 0 saturated carbocycles. The molecular formula is C21H15ClF3N3O3. The fourth-order valence-corrected chi connectivity index (χ4v) is 2.78. The summed E-state index contributed by atoms with van der Waals surface area (Å²) in [5, 5.41) is 4.49. The van der Waals surface area contributed by atoms with Crippen LogP contribution in [0.15, 0.2) is 60.8 Å². The number of carbonyl (C=O) groups is 2. The summed E-state index contributed by atoms with van der Waals surface area (Å²) in [6.07, 6.45) is -3.24. The maximum Gasteiger partial charge on any atom is 0.417 e. The zero-order valence-corrected chi connectivity index (χ0v) is 16.7. The SMILES string of the molecule is CNC(=O)c1cc(Oc2ccc(NC(=O)c3ccc(Cl)c(C(F)(F)F)c3)cc2)ccn1. The third kappa shape index (κ3) is 5.52. The van der Waals surface area contributed by atoms with Crippen molar-refractivity contribution in [2.75, 3.05) is 12.4 Å². The third-order valence-corrected chi connectivity index (χ3v) is 4.40. The Labute approximate surface area is 180 Å². The van der Waals surface area contributed by atoms with Crippen molar-refractivity contribution in [3.63, 3.8) is 0 Å². The Hall–Kier alpha value is -3.59. The van der Waals surface area contributed by atoms with Crippen LogP contribution in [0, 0.1) is 0 Å². The van der Waals surface area contributed by atoms with E-state index in [0.717, 1.165) is 6.07 Å². The highest BCUT2D eigenvalue weighted by Gasteiger charge is 2.33. The second kappa shape index (κ2) is 9.05. The molecule has 0 aliphatic heterocycles. The van der Waals surface area contributed by atoms with Crippen molar-refractivity contribution in [2.45, 2.75) is 6.18 Å². The minimum Gasteiger partial charge on any atom is -0.457 e. The summed E-state index contributed by atoms with van der Waals surface area (Å²) in [4.78, 5) is 27.9. The Bertz CT molecular complexity index is 1120. The van der Waals surface area contributed by atoms with E-state index in [1.54, 1.807) is 18.2 Å². The molecule has 3 aromatic rings. The van der Waals surface area contributed by atoms with Gasteiger partial charge in [-0.2, -0.15) is 13.2 Å². The van der Waals surface area contributed by atoms with Gasteiger partial charge >= 0.3 is 6.18 Å². The molecule has 0 aliphatic carbocycles. The highest BCUT2D eigenvalue weighted by molar-refractivity contribution is 6.31. The molecular weight excluding hydrogens is 435 g/mol. The topological polar surface area (TPSA) is 80.3 Å². The molecule has 6 nitrogen and oxygen atoms in total. The third-order valence-electron chi connectivity index (χ3n) is 4.07. The number of nitrogens with one attached hydrogen (secondary N) is 2. The predicted molar refractivity (Wildman–Crippen MR) is 109 cm³/mol. The average molecular weight is 450 g/mol. The molecule has 0 bridgehead atoms. The number of benzene rings is 2. The van der Waals surface area contributed by atoms with Gasteiger partial charge in [0.15, 0.2) is 0 Å². The lowest BCUT2D eigenvalue weighted by molar-refractivity contribution is -0.137. The van der Waals surface area contributed by atoms with Crippen molar-refractivity contribution >= 4 is 29.1 Å². The van der Waals surface area contributed by atoms with Crippen molar-refractivity contribution in [3.05, 3.63) is 82.6 Å². The van der Waals surface area contributed by atoms with E-state index in [1.807, 2.05) is 0 Å². The molecule has 31 heavy (non-hydrogen) atoms. The van der Waals surface area contributed by atoms with Crippen LogP contribution in [0.25, 0.3) is 0 Å². The van der Waals surface area contributed by atoms with Gasteiger partial charge in [0, 0.05) is 30.6 Å². The zero-order chi connectivity index (χ0) is 22.6. The normalized spacial score (nSPS) is 11.0. The second-order valence-corrected chi connectivity index (χ2v) is 6.64. The van der Waals surface area contributed by atoms with Crippen molar-refractivity contribution in [1.29, 1.82) is 0 Å². The lowest BCUT2D eigenvalue weighted by atomic mass is 10.1. The van der Waals surface area contributed by atoms with Gasteiger partial charge < -0.3 is 15.4 Å². The molecule has 1 aromatic heterocycles. The Morgan fingerprint density at radius 3 is 2.32 bits per heavy atom. The van der Waals surface area contributed by atoms with Crippen LogP contribution < -0.4 is 15.4 Å². The maximum absolute atomic E-state index is 13.0. The quantitative estimate of drug-likeness (QED) is 0.564. The van der Waals surface area contributed by atoms with Gasteiger partial charge in [-0.15, -0.1) is 0 Å². The highest BCUT2D eigenvalue weighted by atomic mass is 35.5. The first-order valence-electron chi connectivity index (χ1n) is 8.81. The van der Waals surface area contributed by atoms with Gasteiger partial charge in [-0.3, -0.25) is 14.6 Å². The highest BCUT2D eigenvalue weighted by Crippen LogP contribution is 2.35. The number of amides is 2. The van der Waals surface area contributed by atoms with Crippen LogP contribution in [0.3, 0.4) is 0 Å². The largest absolute Gasteiger partial charge is 0.457 e. The summed E-state index contributed by atoms with van der Waals surface area (Å²) in [7, 11) is 1.48. The van der Waals surface area contributed by atoms with E-state index in [2.05, 4.69) is 15.6 Å². The first-order chi connectivity index (χ1) is 14.7. The van der Waals surface area contributed by atoms with Crippen LogP contribution in [0.2, 0.25) is 5.02 Å². The summed E-state index contributed by atoms with van der Waals surface area (Å²) in [6.45, 7) is 0. The summed E-state index contributed by atoms with van der Waals surface area (Å²) in [6, 6.07) is 12.1. The van der Waals surface area contributed by atoms with E-state index < -0.39 is 22.7 Å². The Kier molecular flexibility index (Phi) is 6.45. The van der Waals surface area contributed by atoms with E-state index in [9.17, 15) is 22.8 Å². The van der Waals surface area contributed by atoms with E-state index in [0.29, 0.717) is 23.3 Å². The average Bonchev–Trinajstić information content (AvgIpc) is 2.74. The van der Waals surface area contributed by atoms with Gasteiger partial charge in [-0.25, -0.2) is 0 Å². The van der Waals surface area contributed by atoms with Crippen LogP contribution >= 0.6 is 11.6 Å². The fourth-order valence-electron chi connectivity index (χ4n) is 2.56. The molecule has 10 heteroatoms. The summed E-state index contributed by atoms with van der Waals surface area (Å²) in [5.41, 5.74) is -0.735. The van der Waals surface area contributed by atoms with Gasteiger partial charge in [0.1, 0.15) is 17.2 Å². The number of hydrogen-bond donors (Lipinski definition) is 2. The lowest BCUT2D eigenvalue weighted by Gasteiger charge is -2.12. The predicted octanol–water partition coefficient (Wildman–Crippen LogP) is 5.16. The number of hydrogen-bond acceptors (Lipinski definition) is 4. The molecule has 0 spiro atoms. The van der Waals surface area contributed by atoms with Gasteiger partial charge in [-0.05, 0) is 48.5 Å². The van der Waals surface area contributed by atoms with E-state index >= 15 is 0 Å². The van der Waals surface area contributed by atoms with Crippen LogP contribution in [0.1, 0.15) is 26.4 Å². The standard InChI is InChI=1S/C21H15ClF3N3O3/c1-26-20(30)18-11-15(8-9-27-18)31-14-5-3-13(4-6-14)28-19(29)12-2-7-17(22)16(10-12)21(23,24)25/h2-11H,1H3,(H,26,30)(H,28,29). The van der Waals surface area contributed by atoms with Gasteiger partial charge in [0.05, 0.1) is 10.6 Å². The van der Waals surface area contributed by atoms with E-state index in [1.165, 1.54) is 37.5 Å². The number of anilines is 1. The van der Waals surface area contributed by atoms with Crippen LogP contribution in [-0.4, -0.2) is 23.8 Å². The van der Waals surface area contributed by atoms with Crippen LogP contribution in [0.5, 0.6) is 11.5 Å². The number of alkyl halides is 3. The molecule has 0 saturated heterocycles. The molecule has 1 heterocycles. The van der Waals surface area contributed by atoms with Gasteiger partial charge in [0.2, 0.25) is 0 Å². The number of ether oxygens (including phenoxy) is 1.